The third-order valence-corrected chi connectivity index (χ3v) is 5.89. The molecule has 11 nitrogen and oxygen atoms in total. The first-order valence-electron chi connectivity index (χ1n) is 13.7. The number of aromatic nitrogens is 4. The van der Waals surface area contributed by atoms with Crippen LogP contribution in [0.25, 0.3) is 0 Å². The lowest BCUT2D eigenvalue weighted by molar-refractivity contribution is -0.715. The number of aliphatic hydroxyl groups excluding tert-OH is 1. The normalized spacial score (nSPS) is 12.3. The van der Waals surface area contributed by atoms with E-state index in [0.717, 1.165) is 32.4 Å². The molecule has 1 unspecified atom stereocenters. The van der Waals surface area contributed by atoms with E-state index in [0.29, 0.717) is 31.6 Å². The number of nitrogens with one attached hydrogen (secondary N) is 2. The van der Waals surface area contributed by atoms with E-state index in [9.17, 15) is 14.7 Å². The fourth-order valence-corrected chi connectivity index (χ4v) is 3.92. The minimum atomic E-state index is -0.346. The Morgan fingerprint density at radius 3 is 1.95 bits per heavy atom. The maximum absolute atomic E-state index is 11.9. The van der Waals surface area contributed by atoms with E-state index in [-0.39, 0.29) is 44.3 Å². The number of imidazole rings is 2. The van der Waals surface area contributed by atoms with Gasteiger partial charge in [-0.2, -0.15) is 0 Å². The van der Waals surface area contributed by atoms with Crippen LogP contribution in [-0.4, -0.2) is 71.7 Å². The lowest BCUT2D eigenvalue weighted by atomic mass is 10.1. The Hall–Kier alpha value is -2.76. The molecular formula is C27H48N6O5+2. The third-order valence-electron chi connectivity index (χ3n) is 5.89. The number of aliphatic hydroxyl groups is 1. The molecule has 38 heavy (non-hydrogen) atoms. The summed E-state index contributed by atoms with van der Waals surface area (Å²) in [7, 11) is 0. The topological polar surface area (TPSA) is 115 Å². The van der Waals surface area contributed by atoms with Gasteiger partial charge in [-0.15, -0.1) is 0 Å². The van der Waals surface area contributed by atoms with Crippen LogP contribution in [0.3, 0.4) is 0 Å². The smallest absolute Gasteiger partial charge is 0.246 e. The second-order valence-corrected chi connectivity index (χ2v) is 10.3. The zero-order chi connectivity index (χ0) is 27.8. The first-order chi connectivity index (χ1) is 18.2. The van der Waals surface area contributed by atoms with E-state index < -0.39 is 0 Å². The molecule has 214 valence electrons. The second-order valence-electron chi connectivity index (χ2n) is 10.3. The molecule has 0 aliphatic carbocycles. The summed E-state index contributed by atoms with van der Waals surface area (Å²) in [5.41, 5.74) is 0. The van der Waals surface area contributed by atoms with Gasteiger partial charge < -0.3 is 25.2 Å². The van der Waals surface area contributed by atoms with Gasteiger partial charge >= 0.3 is 0 Å². The van der Waals surface area contributed by atoms with Gasteiger partial charge in [0.1, 0.15) is 44.5 Å². The fraction of sp³-hybridized carbons (Fsp3) is 0.704. The second kappa shape index (κ2) is 17.7. The standard InChI is InChI=1S/C27H46N6O5/c1-23(2)17-25(34)18-32-12-11-30(21-32)9-5-7-28-26(35)19-37-15-16-38-20-27(36)29-8-6-10-31-13-14-33(22-31)24(3)4/h11-14,21-25,34H,5-10,15-20H2,1-4H3/p+2. The molecule has 2 aromatic rings. The van der Waals surface area contributed by atoms with E-state index >= 15 is 0 Å². The lowest BCUT2D eigenvalue weighted by Crippen LogP contribution is -2.38. The fourth-order valence-electron chi connectivity index (χ4n) is 3.92. The van der Waals surface area contributed by atoms with Gasteiger partial charge in [-0.3, -0.25) is 9.59 Å². The van der Waals surface area contributed by atoms with Crippen molar-refractivity contribution in [2.45, 2.75) is 78.7 Å². The van der Waals surface area contributed by atoms with Gasteiger partial charge in [0.25, 0.3) is 0 Å². The summed E-state index contributed by atoms with van der Waals surface area (Å²) >= 11 is 0. The van der Waals surface area contributed by atoms with Gasteiger partial charge in [0.2, 0.25) is 24.5 Å². The van der Waals surface area contributed by atoms with E-state index in [1.807, 2.05) is 40.2 Å². The highest BCUT2D eigenvalue weighted by Crippen LogP contribution is 2.04. The summed E-state index contributed by atoms with van der Waals surface area (Å²) in [6.45, 7) is 12.2. The molecule has 0 aromatic carbocycles. The van der Waals surface area contributed by atoms with Crippen molar-refractivity contribution in [3.63, 3.8) is 0 Å². The van der Waals surface area contributed by atoms with Crippen LogP contribution in [0.4, 0.5) is 0 Å². The Bertz CT molecular complexity index is 942. The Morgan fingerprint density at radius 2 is 1.42 bits per heavy atom. The number of hydrogen-bond acceptors (Lipinski definition) is 5. The van der Waals surface area contributed by atoms with Gasteiger partial charge in [0.05, 0.1) is 38.4 Å². The van der Waals surface area contributed by atoms with Crippen molar-refractivity contribution in [1.29, 1.82) is 0 Å². The predicted molar refractivity (Wildman–Crippen MR) is 142 cm³/mol. The molecule has 1 atom stereocenters. The zero-order valence-corrected chi connectivity index (χ0v) is 23.6. The van der Waals surface area contributed by atoms with Gasteiger partial charge in [0.15, 0.2) is 0 Å². The first-order valence-corrected chi connectivity index (χ1v) is 13.7. The van der Waals surface area contributed by atoms with Crippen LogP contribution in [0.1, 0.15) is 53.0 Å². The van der Waals surface area contributed by atoms with Crippen molar-refractivity contribution in [2.75, 3.05) is 39.5 Å². The average molecular weight is 537 g/mol. The molecule has 0 aliphatic rings. The highest BCUT2D eigenvalue weighted by atomic mass is 16.5. The minimum absolute atomic E-state index is 0.0253. The number of carbonyl (C=O) groups excluding carboxylic acids is 2. The number of hydrogen-bond donors (Lipinski definition) is 3. The van der Waals surface area contributed by atoms with Gasteiger partial charge in [-0.1, -0.05) is 13.8 Å². The number of amides is 2. The van der Waals surface area contributed by atoms with Crippen LogP contribution in [-0.2, 0) is 38.7 Å². The molecule has 0 saturated carbocycles. The Balaban J connectivity index is 1.41. The highest BCUT2D eigenvalue weighted by Gasteiger charge is 2.12. The Kier molecular flexibility index (Phi) is 14.6. The molecule has 2 aromatic heterocycles. The molecule has 0 saturated heterocycles. The number of aryl methyl sites for hydroxylation is 2. The number of rotatable bonds is 20. The van der Waals surface area contributed by atoms with Crippen LogP contribution >= 0.6 is 0 Å². The monoisotopic (exact) mass is 536 g/mol. The average Bonchev–Trinajstić information content (AvgIpc) is 3.51. The third kappa shape index (κ3) is 13.7. The van der Waals surface area contributed by atoms with Crippen molar-refractivity contribution >= 4 is 11.8 Å². The maximum Gasteiger partial charge on any atom is 0.246 e. The van der Waals surface area contributed by atoms with Crippen molar-refractivity contribution in [3.05, 3.63) is 37.4 Å². The number of ether oxygens (including phenoxy) is 2. The molecule has 0 fully saturated rings. The highest BCUT2D eigenvalue weighted by molar-refractivity contribution is 5.77. The SMILES string of the molecule is CC(C)CC(O)C[n+]1ccn(CCCNC(=O)COCCOCC(=O)NCCCn2cc[n+](C(C)C)c2)c1. The van der Waals surface area contributed by atoms with Crippen molar-refractivity contribution in [2.24, 2.45) is 5.92 Å². The molecule has 2 heterocycles. The Morgan fingerprint density at radius 1 is 0.868 bits per heavy atom. The van der Waals surface area contributed by atoms with Crippen molar-refractivity contribution in [1.82, 2.24) is 19.8 Å². The zero-order valence-electron chi connectivity index (χ0n) is 23.6. The van der Waals surface area contributed by atoms with Crippen LogP contribution in [0.15, 0.2) is 37.4 Å². The number of carbonyl (C=O) groups is 2. The van der Waals surface area contributed by atoms with Crippen LogP contribution < -0.4 is 19.8 Å². The molecule has 0 spiro atoms. The van der Waals surface area contributed by atoms with E-state index in [1.54, 1.807) is 0 Å². The van der Waals surface area contributed by atoms with Gasteiger partial charge in [0, 0.05) is 25.9 Å². The van der Waals surface area contributed by atoms with Crippen molar-refractivity contribution in [3.8, 4) is 0 Å². The lowest BCUT2D eigenvalue weighted by Gasteiger charge is -2.10. The summed E-state index contributed by atoms with van der Waals surface area (Å²) in [4.78, 5) is 23.8. The summed E-state index contributed by atoms with van der Waals surface area (Å²) in [6, 6.07) is 0.432. The quantitative estimate of drug-likeness (QED) is 0.169. The molecule has 0 aliphatic heterocycles. The largest absolute Gasteiger partial charge is 0.389 e. The molecule has 11 heteroatoms. The van der Waals surface area contributed by atoms with Gasteiger partial charge in [-0.25, -0.2) is 18.3 Å². The van der Waals surface area contributed by atoms with E-state index in [2.05, 4.69) is 53.8 Å². The van der Waals surface area contributed by atoms with Crippen molar-refractivity contribution < 1.29 is 33.3 Å². The minimum Gasteiger partial charge on any atom is -0.389 e. The molecule has 3 N–H and O–H groups in total. The van der Waals surface area contributed by atoms with Crippen LogP contribution in [0.2, 0.25) is 0 Å². The van der Waals surface area contributed by atoms with E-state index in [1.165, 1.54) is 0 Å². The molecule has 0 bridgehead atoms. The molecule has 2 amide bonds. The molecule has 2 rings (SSSR count). The van der Waals surface area contributed by atoms with E-state index in [4.69, 9.17) is 9.47 Å². The van der Waals surface area contributed by atoms with Crippen LogP contribution in [0, 0.1) is 5.92 Å². The summed E-state index contributed by atoms with van der Waals surface area (Å²) in [5.74, 6) is 0.129. The molecule has 0 radical (unpaired) electrons. The summed E-state index contributed by atoms with van der Waals surface area (Å²) in [6.07, 6.45) is 14.1. The predicted octanol–water partition coefficient (Wildman–Crippen LogP) is 0.599. The number of nitrogens with zero attached hydrogens (tertiary/aromatic N) is 4. The van der Waals surface area contributed by atoms with Crippen LogP contribution in [0.5, 0.6) is 0 Å². The maximum atomic E-state index is 11.9. The molecular weight excluding hydrogens is 488 g/mol. The summed E-state index contributed by atoms with van der Waals surface area (Å²) < 4.78 is 18.9. The summed E-state index contributed by atoms with van der Waals surface area (Å²) in [5, 5.41) is 15.8. The van der Waals surface area contributed by atoms with Gasteiger partial charge in [-0.05, 0) is 26.2 Å². The Labute approximate surface area is 226 Å². The first kappa shape index (κ1) is 31.5.